The van der Waals surface area contributed by atoms with Crippen molar-refractivity contribution in [2.24, 2.45) is 5.92 Å². The Bertz CT molecular complexity index is 268. The summed E-state index contributed by atoms with van der Waals surface area (Å²) in [6, 6.07) is 0. The molecule has 2 aliphatic rings. The molecule has 2 nitrogen and oxygen atoms in total. The van der Waals surface area contributed by atoms with Crippen LogP contribution in [0.1, 0.15) is 46.0 Å². The van der Waals surface area contributed by atoms with E-state index in [4.69, 9.17) is 9.47 Å². The van der Waals surface area contributed by atoms with Crippen molar-refractivity contribution in [3.63, 3.8) is 0 Å². The SMILES string of the molecule is CC1(C)OC[C@@H](CCC#CCC2CC2)O1. The minimum atomic E-state index is -0.383. The average Bonchev–Trinajstić information content (AvgIpc) is 2.91. The van der Waals surface area contributed by atoms with Crippen molar-refractivity contribution >= 4 is 0 Å². The summed E-state index contributed by atoms with van der Waals surface area (Å²) < 4.78 is 11.2. The molecule has 1 saturated heterocycles. The van der Waals surface area contributed by atoms with Crippen LogP contribution in [-0.4, -0.2) is 18.5 Å². The molecule has 0 unspecified atom stereocenters. The first-order chi connectivity index (χ1) is 7.16. The Morgan fingerprint density at radius 2 is 2.07 bits per heavy atom. The van der Waals surface area contributed by atoms with E-state index in [2.05, 4.69) is 11.8 Å². The lowest BCUT2D eigenvalue weighted by Gasteiger charge is -2.16. The van der Waals surface area contributed by atoms with Crippen molar-refractivity contribution in [1.29, 1.82) is 0 Å². The van der Waals surface area contributed by atoms with Crippen LogP contribution in [0.3, 0.4) is 0 Å². The van der Waals surface area contributed by atoms with Crippen LogP contribution in [0.15, 0.2) is 0 Å². The zero-order valence-corrected chi connectivity index (χ0v) is 9.71. The zero-order chi connectivity index (χ0) is 10.7. The summed E-state index contributed by atoms with van der Waals surface area (Å²) in [4.78, 5) is 0. The number of hydrogen-bond donors (Lipinski definition) is 0. The quantitative estimate of drug-likeness (QED) is 0.664. The molecule has 0 aromatic rings. The van der Waals surface area contributed by atoms with Crippen LogP contribution in [0.5, 0.6) is 0 Å². The lowest BCUT2D eigenvalue weighted by atomic mass is 10.2. The summed E-state index contributed by atoms with van der Waals surface area (Å²) in [6.45, 7) is 4.65. The Hall–Kier alpha value is -0.520. The van der Waals surface area contributed by atoms with Crippen molar-refractivity contribution in [3.8, 4) is 11.8 Å². The second-order valence-corrected chi connectivity index (χ2v) is 4.99. The molecule has 1 aliphatic carbocycles. The van der Waals surface area contributed by atoms with Crippen molar-refractivity contribution in [3.05, 3.63) is 0 Å². The molecule has 0 amide bonds. The van der Waals surface area contributed by atoms with E-state index in [1.807, 2.05) is 13.8 Å². The highest BCUT2D eigenvalue weighted by atomic mass is 16.7. The third-order valence-electron chi connectivity index (χ3n) is 2.87. The van der Waals surface area contributed by atoms with Crippen molar-refractivity contribution < 1.29 is 9.47 Å². The average molecular weight is 208 g/mol. The lowest BCUT2D eigenvalue weighted by Crippen LogP contribution is -2.21. The Morgan fingerprint density at radius 3 is 2.67 bits per heavy atom. The maximum atomic E-state index is 5.70. The molecule has 1 aliphatic heterocycles. The highest BCUT2D eigenvalue weighted by Gasteiger charge is 2.31. The fraction of sp³-hybridized carbons (Fsp3) is 0.846. The summed E-state index contributed by atoms with van der Waals surface area (Å²) in [6.07, 6.45) is 6.08. The van der Waals surface area contributed by atoms with Gasteiger partial charge in [-0.3, -0.25) is 0 Å². The highest BCUT2D eigenvalue weighted by Crippen LogP contribution is 2.31. The first kappa shape index (κ1) is 11.0. The molecule has 0 aromatic carbocycles. The van der Waals surface area contributed by atoms with E-state index in [1.165, 1.54) is 12.8 Å². The second-order valence-electron chi connectivity index (χ2n) is 4.99. The van der Waals surface area contributed by atoms with Gasteiger partial charge in [-0.05, 0) is 39.0 Å². The smallest absolute Gasteiger partial charge is 0.163 e. The third-order valence-corrected chi connectivity index (χ3v) is 2.87. The van der Waals surface area contributed by atoms with Crippen LogP contribution in [0, 0.1) is 17.8 Å². The van der Waals surface area contributed by atoms with Gasteiger partial charge >= 0.3 is 0 Å². The monoisotopic (exact) mass is 208 g/mol. The Kier molecular flexibility index (Phi) is 3.33. The molecule has 0 N–H and O–H groups in total. The van der Waals surface area contributed by atoms with Gasteiger partial charge in [-0.25, -0.2) is 0 Å². The summed E-state index contributed by atoms with van der Waals surface area (Å²) in [5, 5.41) is 0. The van der Waals surface area contributed by atoms with Gasteiger partial charge in [-0.15, -0.1) is 11.8 Å². The molecule has 0 aromatic heterocycles. The van der Waals surface area contributed by atoms with Crippen LogP contribution in [0.25, 0.3) is 0 Å². The molecule has 84 valence electrons. The zero-order valence-electron chi connectivity index (χ0n) is 9.71. The fourth-order valence-electron chi connectivity index (χ4n) is 1.77. The molecule has 0 radical (unpaired) electrons. The Morgan fingerprint density at radius 1 is 1.27 bits per heavy atom. The molecule has 1 saturated carbocycles. The summed E-state index contributed by atoms with van der Waals surface area (Å²) in [7, 11) is 0. The van der Waals surface area contributed by atoms with Gasteiger partial charge in [-0.1, -0.05) is 0 Å². The number of rotatable bonds is 3. The molecule has 2 heteroatoms. The van der Waals surface area contributed by atoms with Crippen molar-refractivity contribution in [2.45, 2.75) is 57.8 Å². The highest BCUT2D eigenvalue weighted by molar-refractivity contribution is 5.02. The van der Waals surface area contributed by atoms with Gasteiger partial charge < -0.3 is 9.47 Å². The third kappa shape index (κ3) is 3.85. The Balaban J connectivity index is 1.58. The molecular weight excluding hydrogens is 188 g/mol. The van der Waals surface area contributed by atoms with Crippen LogP contribution in [0.2, 0.25) is 0 Å². The predicted octanol–water partition coefficient (Wildman–Crippen LogP) is 2.72. The maximum Gasteiger partial charge on any atom is 0.163 e. The van der Waals surface area contributed by atoms with Crippen LogP contribution in [0.4, 0.5) is 0 Å². The molecule has 0 bridgehead atoms. The van der Waals surface area contributed by atoms with Gasteiger partial charge in [0.2, 0.25) is 0 Å². The van der Waals surface area contributed by atoms with Gasteiger partial charge in [0.25, 0.3) is 0 Å². The predicted molar refractivity (Wildman–Crippen MR) is 59.3 cm³/mol. The van der Waals surface area contributed by atoms with Gasteiger partial charge in [0.05, 0.1) is 12.7 Å². The number of hydrogen-bond acceptors (Lipinski definition) is 2. The van der Waals surface area contributed by atoms with Gasteiger partial charge in [-0.2, -0.15) is 0 Å². The molecular formula is C13H20O2. The maximum absolute atomic E-state index is 5.70. The molecule has 1 atom stereocenters. The van der Waals surface area contributed by atoms with Crippen LogP contribution < -0.4 is 0 Å². The normalized spacial score (nSPS) is 28.5. The van der Waals surface area contributed by atoms with E-state index < -0.39 is 0 Å². The standard InChI is InChI=1S/C13H20O2/c1-13(2)14-10-12(15-13)7-5-3-4-6-11-8-9-11/h11-12H,5-10H2,1-2H3/t12-/m1/s1. The summed E-state index contributed by atoms with van der Waals surface area (Å²) >= 11 is 0. The number of ether oxygens (including phenoxy) is 2. The largest absolute Gasteiger partial charge is 0.348 e. The van der Waals surface area contributed by atoms with E-state index in [0.29, 0.717) is 0 Å². The van der Waals surface area contributed by atoms with Gasteiger partial charge in [0.1, 0.15) is 0 Å². The van der Waals surface area contributed by atoms with Gasteiger partial charge in [0, 0.05) is 12.8 Å². The van der Waals surface area contributed by atoms with Crippen LogP contribution in [-0.2, 0) is 9.47 Å². The first-order valence-corrected chi connectivity index (χ1v) is 5.93. The summed E-state index contributed by atoms with van der Waals surface area (Å²) in [5.41, 5.74) is 0. The first-order valence-electron chi connectivity index (χ1n) is 5.93. The molecule has 0 spiro atoms. The van der Waals surface area contributed by atoms with E-state index in [0.717, 1.165) is 31.8 Å². The molecule has 2 fully saturated rings. The van der Waals surface area contributed by atoms with E-state index in [-0.39, 0.29) is 11.9 Å². The van der Waals surface area contributed by atoms with E-state index >= 15 is 0 Å². The Labute approximate surface area is 92.3 Å². The van der Waals surface area contributed by atoms with Crippen LogP contribution >= 0.6 is 0 Å². The fourth-order valence-corrected chi connectivity index (χ4v) is 1.77. The molecule has 15 heavy (non-hydrogen) atoms. The summed E-state index contributed by atoms with van der Waals surface area (Å²) in [5.74, 6) is 7.01. The van der Waals surface area contributed by atoms with E-state index in [1.54, 1.807) is 0 Å². The van der Waals surface area contributed by atoms with Gasteiger partial charge in [0.15, 0.2) is 5.79 Å². The molecule has 1 heterocycles. The van der Waals surface area contributed by atoms with Crippen molar-refractivity contribution in [1.82, 2.24) is 0 Å². The minimum Gasteiger partial charge on any atom is -0.348 e. The minimum absolute atomic E-state index is 0.246. The van der Waals surface area contributed by atoms with E-state index in [9.17, 15) is 0 Å². The second kappa shape index (κ2) is 4.55. The molecule has 2 rings (SSSR count). The van der Waals surface area contributed by atoms with Crippen molar-refractivity contribution in [2.75, 3.05) is 6.61 Å². The lowest BCUT2D eigenvalue weighted by molar-refractivity contribution is -0.138. The topological polar surface area (TPSA) is 18.5 Å².